The number of aromatic nitrogens is 3. The zero-order chi connectivity index (χ0) is 21.2. The molecular formula is C24H24FN5O. The normalized spacial score (nSPS) is 18.6. The first-order chi connectivity index (χ1) is 15.2. The Kier molecular flexibility index (Phi) is 5.32. The highest BCUT2D eigenvalue weighted by atomic mass is 19.1. The molecule has 1 saturated carbocycles. The maximum atomic E-state index is 13.7. The summed E-state index contributed by atoms with van der Waals surface area (Å²) in [6, 6.07) is 12.0. The summed E-state index contributed by atoms with van der Waals surface area (Å²) < 4.78 is 13.7. The van der Waals surface area contributed by atoms with Gasteiger partial charge in [0.15, 0.2) is 0 Å². The molecule has 6 nitrogen and oxygen atoms in total. The van der Waals surface area contributed by atoms with Crippen LogP contribution in [0, 0.1) is 11.7 Å². The largest absolute Gasteiger partial charge is 0.342 e. The van der Waals surface area contributed by atoms with Crippen molar-refractivity contribution < 1.29 is 9.18 Å². The molecule has 0 unspecified atom stereocenters. The molecule has 5 rings (SSSR count). The van der Waals surface area contributed by atoms with Crippen molar-refractivity contribution in [3.8, 4) is 11.3 Å². The number of rotatable bonds is 5. The van der Waals surface area contributed by atoms with Crippen LogP contribution in [-0.4, -0.2) is 38.8 Å². The molecule has 1 aliphatic heterocycles. The number of halogens is 1. The van der Waals surface area contributed by atoms with Crippen LogP contribution in [0.4, 0.5) is 15.9 Å². The van der Waals surface area contributed by atoms with Crippen LogP contribution >= 0.6 is 0 Å². The Bertz CT molecular complexity index is 1090. The minimum Gasteiger partial charge on any atom is -0.342 e. The number of anilines is 2. The van der Waals surface area contributed by atoms with E-state index in [0.29, 0.717) is 23.9 Å². The summed E-state index contributed by atoms with van der Waals surface area (Å²) in [4.78, 5) is 28.4. The molecule has 1 aliphatic carbocycles. The van der Waals surface area contributed by atoms with Gasteiger partial charge in [-0.25, -0.2) is 14.4 Å². The van der Waals surface area contributed by atoms with Crippen LogP contribution in [0.1, 0.15) is 37.4 Å². The van der Waals surface area contributed by atoms with Crippen molar-refractivity contribution in [1.82, 2.24) is 19.9 Å². The number of nitrogens with zero attached hydrogens (tertiary/aromatic N) is 4. The third-order valence-corrected chi connectivity index (χ3v) is 5.82. The first kappa shape index (κ1) is 19.6. The average Bonchev–Trinajstić information content (AvgIpc) is 3.65. The number of hydrogen-bond acceptors (Lipinski definition) is 5. The number of piperidine rings is 1. The van der Waals surface area contributed by atoms with Gasteiger partial charge in [0.1, 0.15) is 17.5 Å². The predicted octanol–water partition coefficient (Wildman–Crippen LogP) is 4.54. The minimum atomic E-state index is -0.312. The van der Waals surface area contributed by atoms with E-state index < -0.39 is 0 Å². The van der Waals surface area contributed by atoms with Crippen molar-refractivity contribution in [2.24, 2.45) is 5.92 Å². The fraction of sp³-hybridized carbons (Fsp3) is 0.333. The highest BCUT2D eigenvalue weighted by Crippen LogP contribution is 2.34. The van der Waals surface area contributed by atoms with Gasteiger partial charge in [0, 0.05) is 54.6 Å². The lowest BCUT2D eigenvalue weighted by Gasteiger charge is -2.32. The molecule has 3 heterocycles. The summed E-state index contributed by atoms with van der Waals surface area (Å²) in [6.07, 6.45) is 7.38. The Labute approximate surface area is 180 Å². The van der Waals surface area contributed by atoms with Crippen LogP contribution in [-0.2, 0) is 4.79 Å². The lowest BCUT2D eigenvalue weighted by Crippen LogP contribution is -2.40. The van der Waals surface area contributed by atoms with Crippen molar-refractivity contribution in [2.45, 2.75) is 31.6 Å². The molecule has 0 spiro atoms. The molecule has 2 aromatic heterocycles. The Balaban J connectivity index is 1.47. The molecule has 2 aliphatic rings. The topological polar surface area (TPSA) is 71.0 Å². The molecule has 7 heteroatoms. The number of nitrogens with one attached hydrogen (secondary N) is 1. The molecule has 1 aromatic carbocycles. The predicted molar refractivity (Wildman–Crippen MR) is 116 cm³/mol. The highest BCUT2D eigenvalue weighted by molar-refractivity contribution is 5.81. The minimum absolute atomic E-state index is 0.0705. The van der Waals surface area contributed by atoms with Crippen molar-refractivity contribution in [3.05, 3.63) is 66.5 Å². The van der Waals surface area contributed by atoms with Crippen molar-refractivity contribution in [1.29, 1.82) is 0 Å². The Hall–Kier alpha value is -3.35. The molecule has 1 saturated heterocycles. The zero-order valence-corrected chi connectivity index (χ0v) is 17.2. The number of hydrogen-bond donors (Lipinski definition) is 1. The quantitative estimate of drug-likeness (QED) is 0.660. The summed E-state index contributed by atoms with van der Waals surface area (Å²) >= 11 is 0. The Morgan fingerprint density at radius 1 is 1.10 bits per heavy atom. The average molecular weight is 417 g/mol. The van der Waals surface area contributed by atoms with Crippen LogP contribution in [0.2, 0.25) is 0 Å². The molecule has 31 heavy (non-hydrogen) atoms. The van der Waals surface area contributed by atoms with Gasteiger partial charge in [-0.05, 0) is 56.0 Å². The second-order valence-corrected chi connectivity index (χ2v) is 8.27. The molecule has 158 valence electrons. The van der Waals surface area contributed by atoms with E-state index in [1.54, 1.807) is 24.5 Å². The van der Waals surface area contributed by atoms with E-state index in [1.165, 1.54) is 12.1 Å². The highest BCUT2D eigenvalue weighted by Gasteiger charge is 2.36. The standard InChI is InChI=1S/C24H24FN5O/c25-19-6-1-7-20(12-19)27-22-13-21(17-4-2-10-26-14-17)28-23(29-22)18-5-3-11-30(15-18)24(31)16-8-9-16/h1-2,4,6-7,10,12-14,16,18H,3,5,8-9,11,15H2,(H,27,28,29)/t18-/m1/s1. The Morgan fingerprint density at radius 3 is 2.77 bits per heavy atom. The van der Waals surface area contributed by atoms with Crippen LogP contribution in [0.5, 0.6) is 0 Å². The van der Waals surface area contributed by atoms with Gasteiger partial charge >= 0.3 is 0 Å². The number of carbonyl (C=O) groups is 1. The summed E-state index contributed by atoms with van der Waals surface area (Å²) in [5.41, 5.74) is 2.26. The number of likely N-dealkylation sites (tertiary alicyclic amines) is 1. The van der Waals surface area contributed by atoms with Crippen LogP contribution in [0.3, 0.4) is 0 Å². The molecule has 1 amide bonds. The molecular weight excluding hydrogens is 393 g/mol. The summed E-state index contributed by atoms with van der Waals surface area (Å²) in [7, 11) is 0. The number of pyridine rings is 1. The zero-order valence-electron chi connectivity index (χ0n) is 17.2. The fourth-order valence-corrected chi connectivity index (χ4v) is 4.07. The van der Waals surface area contributed by atoms with Crippen LogP contribution in [0.15, 0.2) is 54.9 Å². The van der Waals surface area contributed by atoms with E-state index in [9.17, 15) is 9.18 Å². The number of benzene rings is 1. The van der Waals surface area contributed by atoms with E-state index in [2.05, 4.69) is 10.3 Å². The fourth-order valence-electron chi connectivity index (χ4n) is 4.07. The molecule has 0 bridgehead atoms. The van der Waals surface area contributed by atoms with Crippen molar-refractivity contribution in [3.63, 3.8) is 0 Å². The van der Waals surface area contributed by atoms with Crippen LogP contribution < -0.4 is 5.32 Å². The molecule has 3 aromatic rings. The third kappa shape index (κ3) is 4.55. The summed E-state index contributed by atoms with van der Waals surface area (Å²) in [5.74, 6) is 1.54. The first-order valence-corrected chi connectivity index (χ1v) is 10.8. The van der Waals surface area contributed by atoms with Crippen molar-refractivity contribution in [2.75, 3.05) is 18.4 Å². The van der Waals surface area contributed by atoms with Gasteiger partial charge in [-0.1, -0.05) is 6.07 Å². The smallest absolute Gasteiger partial charge is 0.225 e. The van der Waals surface area contributed by atoms with E-state index in [1.807, 2.05) is 23.1 Å². The summed E-state index contributed by atoms with van der Waals surface area (Å²) in [5, 5.41) is 3.20. The molecule has 2 fully saturated rings. The Morgan fingerprint density at radius 2 is 2.00 bits per heavy atom. The van der Waals surface area contributed by atoms with E-state index in [0.717, 1.165) is 43.5 Å². The van der Waals surface area contributed by atoms with E-state index in [-0.39, 0.29) is 23.6 Å². The van der Waals surface area contributed by atoms with E-state index in [4.69, 9.17) is 9.97 Å². The molecule has 1 atom stereocenters. The maximum Gasteiger partial charge on any atom is 0.225 e. The van der Waals surface area contributed by atoms with Gasteiger partial charge in [0.25, 0.3) is 0 Å². The lowest BCUT2D eigenvalue weighted by molar-refractivity contribution is -0.133. The van der Waals surface area contributed by atoms with Gasteiger partial charge < -0.3 is 10.2 Å². The number of amides is 1. The second kappa shape index (κ2) is 8.41. The second-order valence-electron chi connectivity index (χ2n) is 8.27. The molecule has 0 radical (unpaired) electrons. The van der Waals surface area contributed by atoms with Gasteiger partial charge in [0.05, 0.1) is 5.69 Å². The van der Waals surface area contributed by atoms with Gasteiger partial charge in [-0.2, -0.15) is 0 Å². The van der Waals surface area contributed by atoms with Crippen LogP contribution in [0.25, 0.3) is 11.3 Å². The van der Waals surface area contributed by atoms with Crippen molar-refractivity contribution >= 4 is 17.4 Å². The van der Waals surface area contributed by atoms with E-state index >= 15 is 0 Å². The molecule has 1 N–H and O–H groups in total. The van der Waals surface area contributed by atoms with Gasteiger partial charge in [-0.3, -0.25) is 9.78 Å². The number of carbonyl (C=O) groups excluding carboxylic acids is 1. The van der Waals surface area contributed by atoms with Gasteiger partial charge in [0.2, 0.25) is 5.91 Å². The summed E-state index contributed by atoms with van der Waals surface area (Å²) in [6.45, 7) is 1.45. The van der Waals surface area contributed by atoms with Gasteiger partial charge in [-0.15, -0.1) is 0 Å². The SMILES string of the molecule is O=C(C1CC1)N1CCC[C@@H](c2nc(Nc3cccc(F)c3)cc(-c3cccnc3)n2)C1. The monoisotopic (exact) mass is 417 g/mol. The maximum absolute atomic E-state index is 13.7. The first-order valence-electron chi connectivity index (χ1n) is 10.8. The third-order valence-electron chi connectivity index (χ3n) is 5.82. The lowest BCUT2D eigenvalue weighted by atomic mass is 9.96.